The first-order chi connectivity index (χ1) is 10.6. The Hall–Kier alpha value is -2.76. The molecule has 0 radical (unpaired) electrons. The van der Waals surface area contributed by atoms with Crippen molar-refractivity contribution in [1.82, 2.24) is 4.98 Å². The van der Waals surface area contributed by atoms with Crippen LogP contribution in [0.2, 0.25) is 0 Å². The summed E-state index contributed by atoms with van der Waals surface area (Å²) in [5.41, 5.74) is 0.572. The highest BCUT2D eigenvalue weighted by Gasteiger charge is 2.14. The summed E-state index contributed by atoms with van der Waals surface area (Å²) in [7, 11) is 1.51. The van der Waals surface area contributed by atoms with E-state index in [1.54, 1.807) is 24.3 Å². The highest BCUT2D eigenvalue weighted by molar-refractivity contribution is 5.96. The van der Waals surface area contributed by atoms with Crippen molar-refractivity contribution in [2.75, 3.05) is 12.4 Å². The largest absolute Gasteiger partial charge is 0.494 e. The summed E-state index contributed by atoms with van der Waals surface area (Å²) >= 11 is 0. The van der Waals surface area contributed by atoms with Gasteiger partial charge in [-0.25, -0.2) is 13.2 Å². The molecule has 3 aromatic rings. The van der Waals surface area contributed by atoms with E-state index in [0.29, 0.717) is 34.5 Å². The van der Waals surface area contributed by atoms with Gasteiger partial charge in [0, 0.05) is 29.4 Å². The number of nitrogens with one attached hydrogen (secondary N) is 1. The molecule has 1 N–H and O–H groups in total. The molecule has 0 spiro atoms. The summed E-state index contributed by atoms with van der Waals surface area (Å²) in [5.74, 6) is -2.45. The molecule has 0 saturated heterocycles. The Morgan fingerprint density at radius 3 is 2.45 bits per heavy atom. The van der Waals surface area contributed by atoms with Gasteiger partial charge in [0.2, 0.25) is 0 Å². The summed E-state index contributed by atoms with van der Waals surface area (Å²) < 4.78 is 45.7. The molecule has 6 heteroatoms. The van der Waals surface area contributed by atoms with Gasteiger partial charge in [0.25, 0.3) is 0 Å². The number of methoxy groups -OCH3 is 1. The zero-order valence-electron chi connectivity index (χ0n) is 11.5. The van der Waals surface area contributed by atoms with Crippen LogP contribution in [0.1, 0.15) is 0 Å². The third kappa shape index (κ3) is 2.43. The van der Waals surface area contributed by atoms with Gasteiger partial charge in [0.05, 0.1) is 7.11 Å². The van der Waals surface area contributed by atoms with E-state index in [1.807, 2.05) is 0 Å². The second-order valence-electron chi connectivity index (χ2n) is 4.58. The van der Waals surface area contributed by atoms with Crippen LogP contribution in [0.25, 0.3) is 10.9 Å². The summed E-state index contributed by atoms with van der Waals surface area (Å²) in [4.78, 5) is 4.20. The first-order valence-electron chi connectivity index (χ1n) is 6.43. The van der Waals surface area contributed by atoms with E-state index in [0.717, 1.165) is 0 Å². The highest BCUT2D eigenvalue weighted by Crippen LogP contribution is 2.32. The molecular weight excluding hydrogens is 293 g/mol. The van der Waals surface area contributed by atoms with Crippen molar-refractivity contribution in [2.45, 2.75) is 0 Å². The van der Waals surface area contributed by atoms with Crippen molar-refractivity contribution in [1.29, 1.82) is 0 Å². The van der Waals surface area contributed by atoms with Crippen LogP contribution in [-0.4, -0.2) is 12.1 Å². The summed E-state index contributed by atoms with van der Waals surface area (Å²) in [6, 6.07) is 8.03. The average molecular weight is 304 g/mol. The lowest BCUT2D eigenvalue weighted by Gasteiger charge is -2.12. The number of rotatable bonds is 3. The molecule has 3 nitrogen and oxygen atoms in total. The SMILES string of the molecule is COc1cccc2c(Nc3c(F)cc(F)cc3F)ccnc12. The zero-order chi connectivity index (χ0) is 15.7. The molecule has 0 atom stereocenters. The van der Waals surface area contributed by atoms with Crippen molar-refractivity contribution in [3.63, 3.8) is 0 Å². The van der Waals surface area contributed by atoms with Crippen molar-refractivity contribution >= 4 is 22.3 Å². The van der Waals surface area contributed by atoms with Gasteiger partial charge in [-0.3, -0.25) is 4.98 Å². The number of anilines is 2. The van der Waals surface area contributed by atoms with Gasteiger partial charge >= 0.3 is 0 Å². The number of para-hydroxylation sites is 1. The fourth-order valence-electron chi connectivity index (χ4n) is 2.22. The fraction of sp³-hybridized carbons (Fsp3) is 0.0625. The Balaban J connectivity index is 2.13. The second-order valence-corrected chi connectivity index (χ2v) is 4.58. The van der Waals surface area contributed by atoms with Crippen LogP contribution in [-0.2, 0) is 0 Å². The van der Waals surface area contributed by atoms with Crippen molar-refractivity contribution < 1.29 is 17.9 Å². The molecule has 2 aromatic carbocycles. The van der Waals surface area contributed by atoms with E-state index in [4.69, 9.17) is 4.74 Å². The second kappa shape index (κ2) is 5.55. The Bertz CT molecular complexity index is 829. The van der Waals surface area contributed by atoms with Crippen LogP contribution >= 0.6 is 0 Å². The zero-order valence-corrected chi connectivity index (χ0v) is 11.5. The normalized spacial score (nSPS) is 10.7. The average Bonchev–Trinajstić information content (AvgIpc) is 2.50. The van der Waals surface area contributed by atoms with E-state index in [1.165, 1.54) is 13.3 Å². The number of pyridine rings is 1. The van der Waals surface area contributed by atoms with Crippen molar-refractivity contribution in [3.8, 4) is 5.75 Å². The molecule has 0 aliphatic rings. The molecule has 0 bridgehead atoms. The van der Waals surface area contributed by atoms with Gasteiger partial charge in [0.1, 0.15) is 22.8 Å². The van der Waals surface area contributed by atoms with E-state index >= 15 is 0 Å². The number of aromatic nitrogens is 1. The first kappa shape index (κ1) is 14.2. The number of benzene rings is 2. The molecule has 0 aliphatic heterocycles. The number of ether oxygens (including phenoxy) is 1. The molecule has 1 aromatic heterocycles. The Labute approximate surface area is 124 Å². The van der Waals surface area contributed by atoms with Crippen LogP contribution < -0.4 is 10.1 Å². The highest BCUT2D eigenvalue weighted by atomic mass is 19.1. The molecule has 0 aliphatic carbocycles. The van der Waals surface area contributed by atoms with E-state index < -0.39 is 23.1 Å². The molecule has 3 rings (SSSR count). The summed E-state index contributed by atoms with van der Waals surface area (Å²) in [6.07, 6.45) is 1.49. The predicted molar refractivity (Wildman–Crippen MR) is 77.9 cm³/mol. The lowest BCUT2D eigenvalue weighted by Crippen LogP contribution is -2.00. The molecule has 22 heavy (non-hydrogen) atoms. The monoisotopic (exact) mass is 304 g/mol. The summed E-state index contributed by atoms with van der Waals surface area (Å²) in [5, 5.41) is 3.28. The Kier molecular flexibility index (Phi) is 3.58. The van der Waals surface area contributed by atoms with E-state index in [2.05, 4.69) is 10.3 Å². The van der Waals surface area contributed by atoms with E-state index in [9.17, 15) is 13.2 Å². The third-order valence-electron chi connectivity index (χ3n) is 3.22. The smallest absolute Gasteiger partial charge is 0.152 e. The van der Waals surface area contributed by atoms with E-state index in [-0.39, 0.29) is 0 Å². The molecule has 0 amide bonds. The minimum Gasteiger partial charge on any atom is -0.494 e. The maximum absolute atomic E-state index is 13.8. The number of halogens is 3. The number of nitrogens with zero attached hydrogens (tertiary/aromatic N) is 1. The topological polar surface area (TPSA) is 34.1 Å². The van der Waals surface area contributed by atoms with Gasteiger partial charge in [-0.15, -0.1) is 0 Å². The van der Waals surface area contributed by atoms with Gasteiger partial charge in [-0.2, -0.15) is 0 Å². The maximum Gasteiger partial charge on any atom is 0.152 e. The van der Waals surface area contributed by atoms with Crippen molar-refractivity contribution in [3.05, 3.63) is 60.0 Å². The predicted octanol–water partition coefficient (Wildman–Crippen LogP) is 4.40. The lowest BCUT2D eigenvalue weighted by atomic mass is 10.1. The van der Waals surface area contributed by atoms with Crippen LogP contribution in [0.4, 0.5) is 24.5 Å². The first-order valence-corrected chi connectivity index (χ1v) is 6.43. The van der Waals surface area contributed by atoms with Gasteiger partial charge in [-0.05, 0) is 12.1 Å². The minimum atomic E-state index is -1.01. The fourth-order valence-corrected chi connectivity index (χ4v) is 2.22. The standard InChI is InChI=1S/C16H11F3N2O/c1-22-14-4-2-3-10-13(5-6-20-15(10)14)21-16-11(18)7-9(17)8-12(16)19/h2-8H,1H3,(H,20,21). The number of fused-ring (bicyclic) bond motifs is 1. The third-order valence-corrected chi connectivity index (χ3v) is 3.22. The Morgan fingerprint density at radius 2 is 1.77 bits per heavy atom. The molecule has 0 saturated carbocycles. The lowest BCUT2D eigenvalue weighted by molar-refractivity contribution is 0.419. The molecule has 0 unspecified atom stereocenters. The molecule has 1 heterocycles. The van der Waals surface area contributed by atoms with Gasteiger partial charge < -0.3 is 10.1 Å². The van der Waals surface area contributed by atoms with Crippen LogP contribution in [0.3, 0.4) is 0 Å². The number of hydrogen-bond acceptors (Lipinski definition) is 3. The van der Waals surface area contributed by atoms with Gasteiger partial charge in [-0.1, -0.05) is 12.1 Å². The summed E-state index contributed by atoms with van der Waals surface area (Å²) in [6.45, 7) is 0. The number of hydrogen-bond donors (Lipinski definition) is 1. The van der Waals surface area contributed by atoms with Crippen LogP contribution in [0.15, 0.2) is 42.6 Å². The maximum atomic E-state index is 13.8. The van der Waals surface area contributed by atoms with Gasteiger partial charge in [0.15, 0.2) is 11.6 Å². The van der Waals surface area contributed by atoms with Crippen molar-refractivity contribution in [2.24, 2.45) is 0 Å². The quantitative estimate of drug-likeness (QED) is 0.778. The minimum absolute atomic E-state index is 0.420. The molecular formula is C16H11F3N2O. The van der Waals surface area contributed by atoms with Crippen LogP contribution in [0.5, 0.6) is 5.75 Å². The molecule has 0 fully saturated rings. The molecule has 112 valence electrons. The Morgan fingerprint density at radius 1 is 1.05 bits per heavy atom. The van der Waals surface area contributed by atoms with Crippen LogP contribution in [0, 0.1) is 17.5 Å².